The van der Waals surface area contributed by atoms with Crippen LogP contribution in [0.2, 0.25) is 0 Å². The van der Waals surface area contributed by atoms with Gasteiger partial charge in [-0.05, 0) is 0 Å². The van der Waals surface area contributed by atoms with Gasteiger partial charge in [-0.15, -0.1) is 0 Å². The molecule has 14 heavy (non-hydrogen) atoms. The van der Waals surface area contributed by atoms with E-state index >= 15 is 0 Å². The standard InChI is InChI=1S/C10H16O4/c1-8(9(7-11)13-2)5-4-6-10(12)14-3/h4-5,7-9H,6H2,1-3H3/b5-4+/t8-,9-/m1/s1. The number of aldehydes is 1. The molecule has 80 valence electrons. The second kappa shape index (κ2) is 7.26. The summed E-state index contributed by atoms with van der Waals surface area (Å²) in [6.45, 7) is 1.84. The average Bonchev–Trinajstić information content (AvgIpc) is 2.19. The summed E-state index contributed by atoms with van der Waals surface area (Å²) in [6, 6.07) is 0. The third-order valence-corrected chi connectivity index (χ3v) is 1.88. The lowest BCUT2D eigenvalue weighted by molar-refractivity contribution is -0.139. The van der Waals surface area contributed by atoms with Crippen molar-refractivity contribution in [1.29, 1.82) is 0 Å². The minimum absolute atomic E-state index is 0.0397. The van der Waals surface area contributed by atoms with Gasteiger partial charge in [0.2, 0.25) is 0 Å². The molecule has 0 aliphatic rings. The van der Waals surface area contributed by atoms with Crippen LogP contribution in [-0.2, 0) is 19.1 Å². The third-order valence-electron chi connectivity index (χ3n) is 1.88. The predicted octanol–water partition coefficient (Wildman–Crippen LogP) is 0.956. The molecule has 0 aliphatic heterocycles. The van der Waals surface area contributed by atoms with E-state index in [4.69, 9.17) is 4.74 Å². The average molecular weight is 200 g/mol. The highest BCUT2D eigenvalue weighted by Crippen LogP contribution is 2.06. The largest absolute Gasteiger partial charge is 0.469 e. The molecule has 0 saturated carbocycles. The normalized spacial score (nSPS) is 15.1. The van der Waals surface area contributed by atoms with E-state index in [-0.39, 0.29) is 18.3 Å². The van der Waals surface area contributed by atoms with Gasteiger partial charge in [-0.3, -0.25) is 4.79 Å². The van der Waals surface area contributed by atoms with Crippen molar-refractivity contribution >= 4 is 12.3 Å². The van der Waals surface area contributed by atoms with E-state index < -0.39 is 6.10 Å². The number of esters is 1. The van der Waals surface area contributed by atoms with Crippen molar-refractivity contribution in [3.63, 3.8) is 0 Å². The van der Waals surface area contributed by atoms with E-state index in [1.165, 1.54) is 14.2 Å². The fourth-order valence-corrected chi connectivity index (χ4v) is 0.966. The summed E-state index contributed by atoms with van der Waals surface area (Å²) in [5, 5.41) is 0. The van der Waals surface area contributed by atoms with E-state index in [0.29, 0.717) is 0 Å². The smallest absolute Gasteiger partial charge is 0.309 e. The van der Waals surface area contributed by atoms with Crippen LogP contribution in [0.4, 0.5) is 0 Å². The summed E-state index contributed by atoms with van der Waals surface area (Å²) in [5.41, 5.74) is 0. The van der Waals surface area contributed by atoms with Crippen LogP contribution >= 0.6 is 0 Å². The Balaban J connectivity index is 3.96. The molecule has 4 heteroatoms. The summed E-state index contributed by atoms with van der Waals surface area (Å²) in [4.78, 5) is 21.2. The maximum atomic E-state index is 10.7. The quantitative estimate of drug-likeness (QED) is 0.364. The first-order chi connectivity index (χ1) is 6.65. The first-order valence-electron chi connectivity index (χ1n) is 4.37. The summed E-state index contributed by atoms with van der Waals surface area (Å²) < 4.78 is 9.36. The summed E-state index contributed by atoms with van der Waals surface area (Å²) >= 11 is 0. The van der Waals surface area contributed by atoms with Gasteiger partial charge in [-0.1, -0.05) is 19.1 Å². The molecule has 0 amide bonds. The van der Waals surface area contributed by atoms with Crippen LogP contribution in [0.1, 0.15) is 13.3 Å². The minimum atomic E-state index is -0.455. The molecule has 4 nitrogen and oxygen atoms in total. The van der Waals surface area contributed by atoms with Gasteiger partial charge in [0, 0.05) is 13.0 Å². The van der Waals surface area contributed by atoms with Crippen LogP contribution in [0.25, 0.3) is 0 Å². The van der Waals surface area contributed by atoms with E-state index in [0.717, 1.165) is 6.29 Å². The number of hydrogen-bond acceptors (Lipinski definition) is 4. The number of ether oxygens (including phenoxy) is 2. The number of hydrogen-bond donors (Lipinski definition) is 0. The van der Waals surface area contributed by atoms with Crippen molar-refractivity contribution in [2.24, 2.45) is 5.92 Å². The Morgan fingerprint density at radius 1 is 1.43 bits per heavy atom. The molecule has 0 N–H and O–H groups in total. The van der Waals surface area contributed by atoms with E-state index in [1.807, 2.05) is 6.92 Å². The highest BCUT2D eigenvalue weighted by atomic mass is 16.5. The summed E-state index contributed by atoms with van der Waals surface area (Å²) in [5.74, 6) is -0.337. The molecule has 0 bridgehead atoms. The van der Waals surface area contributed by atoms with Gasteiger partial charge in [0.15, 0.2) is 0 Å². The van der Waals surface area contributed by atoms with Crippen molar-refractivity contribution in [2.75, 3.05) is 14.2 Å². The zero-order valence-corrected chi connectivity index (χ0v) is 8.73. The van der Waals surface area contributed by atoms with Crippen LogP contribution in [0.5, 0.6) is 0 Å². The van der Waals surface area contributed by atoms with Gasteiger partial charge in [-0.25, -0.2) is 0 Å². The molecular weight excluding hydrogens is 184 g/mol. The fraction of sp³-hybridized carbons (Fsp3) is 0.600. The molecule has 0 unspecified atom stereocenters. The SMILES string of the molecule is COC(=O)C/C=C/[C@@H](C)[C@@H](C=O)OC. The Kier molecular flexibility index (Phi) is 6.66. The molecular formula is C10H16O4. The molecule has 0 rings (SSSR count). The molecule has 2 atom stereocenters. The molecule has 0 heterocycles. The van der Waals surface area contributed by atoms with Crippen molar-refractivity contribution in [3.05, 3.63) is 12.2 Å². The van der Waals surface area contributed by atoms with E-state index in [9.17, 15) is 9.59 Å². The number of methoxy groups -OCH3 is 2. The second-order valence-corrected chi connectivity index (χ2v) is 2.90. The van der Waals surface area contributed by atoms with E-state index in [1.54, 1.807) is 12.2 Å². The first kappa shape index (κ1) is 12.8. The molecule has 0 aromatic heterocycles. The highest BCUT2D eigenvalue weighted by molar-refractivity contribution is 5.70. The van der Waals surface area contributed by atoms with Crippen molar-refractivity contribution in [3.8, 4) is 0 Å². The Hall–Kier alpha value is -1.16. The zero-order valence-electron chi connectivity index (χ0n) is 8.73. The minimum Gasteiger partial charge on any atom is -0.469 e. The lowest BCUT2D eigenvalue weighted by Gasteiger charge is -2.12. The van der Waals surface area contributed by atoms with Crippen LogP contribution < -0.4 is 0 Å². The Labute approximate surface area is 83.9 Å². The highest BCUT2D eigenvalue weighted by Gasteiger charge is 2.11. The van der Waals surface area contributed by atoms with Crippen LogP contribution in [0, 0.1) is 5.92 Å². The van der Waals surface area contributed by atoms with Gasteiger partial charge in [0.05, 0.1) is 13.5 Å². The second-order valence-electron chi connectivity index (χ2n) is 2.90. The Bertz CT molecular complexity index is 210. The fourth-order valence-electron chi connectivity index (χ4n) is 0.966. The van der Waals surface area contributed by atoms with Gasteiger partial charge >= 0.3 is 5.97 Å². The first-order valence-corrected chi connectivity index (χ1v) is 4.37. The molecule has 0 aromatic carbocycles. The lowest BCUT2D eigenvalue weighted by atomic mass is 10.1. The molecule has 0 radical (unpaired) electrons. The molecule has 0 saturated heterocycles. The number of rotatable bonds is 6. The summed E-state index contributed by atoms with van der Waals surface area (Å²) in [6.07, 6.45) is 3.94. The topological polar surface area (TPSA) is 52.6 Å². The van der Waals surface area contributed by atoms with Crippen molar-refractivity contribution < 1.29 is 19.1 Å². The molecule has 0 aliphatic carbocycles. The summed E-state index contributed by atoms with van der Waals surface area (Å²) in [7, 11) is 2.81. The molecule has 0 spiro atoms. The van der Waals surface area contributed by atoms with Crippen LogP contribution in [-0.4, -0.2) is 32.6 Å². The number of carbonyl (C=O) groups is 2. The predicted molar refractivity (Wildman–Crippen MR) is 51.8 cm³/mol. The Morgan fingerprint density at radius 2 is 2.07 bits per heavy atom. The monoisotopic (exact) mass is 200 g/mol. The van der Waals surface area contributed by atoms with Crippen molar-refractivity contribution in [2.45, 2.75) is 19.4 Å². The zero-order chi connectivity index (χ0) is 11.0. The van der Waals surface area contributed by atoms with Crippen LogP contribution in [0.3, 0.4) is 0 Å². The number of carbonyl (C=O) groups excluding carboxylic acids is 2. The van der Waals surface area contributed by atoms with Gasteiger partial charge < -0.3 is 14.3 Å². The third kappa shape index (κ3) is 4.77. The van der Waals surface area contributed by atoms with Gasteiger partial charge in [-0.2, -0.15) is 0 Å². The van der Waals surface area contributed by atoms with E-state index in [2.05, 4.69) is 4.74 Å². The van der Waals surface area contributed by atoms with Gasteiger partial charge in [0.25, 0.3) is 0 Å². The maximum absolute atomic E-state index is 10.7. The van der Waals surface area contributed by atoms with Crippen LogP contribution in [0.15, 0.2) is 12.2 Å². The maximum Gasteiger partial charge on any atom is 0.309 e. The van der Waals surface area contributed by atoms with Gasteiger partial charge in [0.1, 0.15) is 12.4 Å². The lowest BCUT2D eigenvalue weighted by Crippen LogP contribution is -2.20. The molecule has 0 aromatic rings. The van der Waals surface area contributed by atoms with Crippen molar-refractivity contribution in [1.82, 2.24) is 0 Å². The molecule has 0 fully saturated rings. The Morgan fingerprint density at radius 3 is 2.50 bits per heavy atom.